The number of anilines is 1. The molecule has 0 saturated carbocycles. The fourth-order valence-corrected chi connectivity index (χ4v) is 2.15. The van der Waals surface area contributed by atoms with E-state index in [1.165, 1.54) is 0 Å². The highest BCUT2D eigenvalue weighted by atomic mass is 19.4. The second kappa shape index (κ2) is 6.28. The van der Waals surface area contributed by atoms with E-state index in [0.717, 1.165) is 5.39 Å². The maximum atomic E-state index is 12.7. The van der Waals surface area contributed by atoms with Crippen LogP contribution in [0.5, 0.6) is 0 Å². The van der Waals surface area contributed by atoms with Crippen LogP contribution >= 0.6 is 0 Å². The molecule has 0 fully saturated rings. The molecule has 0 saturated heterocycles. The third-order valence-corrected chi connectivity index (χ3v) is 3.19. The molecule has 0 bridgehead atoms. The summed E-state index contributed by atoms with van der Waals surface area (Å²) in [6, 6.07) is 3.65. The molecule has 4 nitrogen and oxygen atoms in total. The molecule has 0 amide bonds. The van der Waals surface area contributed by atoms with E-state index in [2.05, 4.69) is 28.1 Å². The van der Waals surface area contributed by atoms with Crippen LogP contribution in [0.3, 0.4) is 0 Å². The van der Waals surface area contributed by atoms with E-state index in [1.54, 1.807) is 31.1 Å². The zero-order valence-corrected chi connectivity index (χ0v) is 12.9. The molecule has 2 heterocycles. The lowest BCUT2D eigenvalue weighted by atomic mass is 10.2. The number of aromatic nitrogens is 2. The highest BCUT2D eigenvalue weighted by molar-refractivity contribution is 6.01. The lowest BCUT2D eigenvalue weighted by molar-refractivity contribution is -0.0919. The number of allylic oxidation sites excluding steroid dienone is 2. The Balaban J connectivity index is 2.49. The van der Waals surface area contributed by atoms with Crippen LogP contribution in [0.1, 0.15) is 20.3 Å². The minimum absolute atomic E-state index is 0.205. The molecule has 0 aliphatic heterocycles. The minimum atomic E-state index is -4.57. The molecule has 2 aromatic heterocycles. The summed E-state index contributed by atoms with van der Waals surface area (Å²) in [7, 11) is 0. The highest BCUT2D eigenvalue weighted by Gasteiger charge is 2.32. The van der Waals surface area contributed by atoms with E-state index >= 15 is 0 Å². The summed E-state index contributed by atoms with van der Waals surface area (Å²) in [5.41, 5.74) is 0.693. The van der Waals surface area contributed by atoms with Crippen molar-refractivity contribution in [3.8, 4) is 0 Å². The Kier molecular flexibility index (Phi) is 4.58. The average Bonchev–Trinajstić information content (AvgIpc) is 2.92. The number of alkyl halides is 3. The van der Waals surface area contributed by atoms with Crippen molar-refractivity contribution in [1.82, 2.24) is 9.97 Å². The Hall–Kier alpha value is -2.57. The number of fused-ring (bicyclic) bond motifs is 1. The van der Waals surface area contributed by atoms with Gasteiger partial charge in [-0.05, 0) is 19.1 Å². The highest BCUT2D eigenvalue weighted by Crippen LogP contribution is 2.28. The molecule has 2 aromatic rings. The quantitative estimate of drug-likeness (QED) is 0.650. The molecular formula is C16H17F3N4. The summed E-state index contributed by atoms with van der Waals surface area (Å²) in [4.78, 5) is 12.4. The van der Waals surface area contributed by atoms with Crippen LogP contribution in [0, 0.1) is 0 Å². The van der Waals surface area contributed by atoms with E-state index in [4.69, 9.17) is 0 Å². The fraction of sp³-hybridized carbons (Fsp3) is 0.250. The van der Waals surface area contributed by atoms with Gasteiger partial charge in [-0.1, -0.05) is 20.1 Å². The molecule has 2 rings (SSSR count). The van der Waals surface area contributed by atoms with E-state index in [0.29, 0.717) is 17.0 Å². The molecule has 0 atom stereocenters. The zero-order chi connectivity index (χ0) is 17.2. The van der Waals surface area contributed by atoms with E-state index < -0.39 is 11.9 Å². The smallest absolute Gasteiger partial charge is 0.346 e. The SMILES string of the molecule is C=C(C)N(C(CC)=NC(=C)C(F)(F)F)c1cnc2[nH]ccc2c1. The van der Waals surface area contributed by atoms with Crippen molar-refractivity contribution in [1.29, 1.82) is 0 Å². The normalized spacial score (nSPS) is 12.5. The minimum Gasteiger partial charge on any atom is -0.346 e. The van der Waals surface area contributed by atoms with Gasteiger partial charge in [0.05, 0.1) is 11.9 Å². The van der Waals surface area contributed by atoms with E-state index in [-0.39, 0.29) is 12.3 Å². The molecule has 0 spiro atoms. The molecule has 0 aliphatic carbocycles. The third kappa shape index (κ3) is 3.61. The van der Waals surface area contributed by atoms with Gasteiger partial charge in [0, 0.05) is 23.7 Å². The lowest BCUT2D eigenvalue weighted by Crippen LogP contribution is -2.29. The first-order chi connectivity index (χ1) is 10.7. The van der Waals surface area contributed by atoms with Gasteiger partial charge in [-0.25, -0.2) is 9.98 Å². The van der Waals surface area contributed by atoms with Gasteiger partial charge in [0.25, 0.3) is 0 Å². The number of nitrogens with one attached hydrogen (secondary N) is 1. The summed E-state index contributed by atoms with van der Waals surface area (Å²) >= 11 is 0. The van der Waals surface area contributed by atoms with E-state index in [9.17, 15) is 13.2 Å². The first kappa shape index (κ1) is 16.8. The maximum absolute atomic E-state index is 12.7. The van der Waals surface area contributed by atoms with Gasteiger partial charge in [-0.15, -0.1) is 0 Å². The van der Waals surface area contributed by atoms with Crippen molar-refractivity contribution >= 4 is 22.6 Å². The number of nitrogens with zero attached hydrogens (tertiary/aromatic N) is 3. The van der Waals surface area contributed by atoms with Crippen LogP contribution in [0.2, 0.25) is 0 Å². The summed E-state index contributed by atoms with van der Waals surface area (Å²) in [6.45, 7) is 10.3. The van der Waals surface area contributed by atoms with E-state index in [1.807, 2.05) is 12.1 Å². The molecular weight excluding hydrogens is 305 g/mol. The molecule has 0 radical (unpaired) electrons. The Bertz CT molecular complexity index is 771. The first-order valence-electron chi connectivity index (χ1n) is 6.96. The predicted octanol–water partition coefficient (Wildman–Crippen LogP) is 4.79. The van der Waals surface area contributed by atoms with Crippen molar-refractivity contribution in [2.45, 2.75) is 26.4 Å². The van der Waals surface area contributed by atoms with Gasteiger partial charge in [-0.3, -0.25) is 0 Å². The standard InChI is InChI=1S/C16H17F3N4/c1-5-14(22-11(4)16(17,18)19)23(10(2)3)13-8-12-6-7-20-15(12)21-9-13/h6-9H,2,4-5H2,1,3H3,(H,20,21). The van der Waals surface area contributed by atoms with Crippen molar-refractivity contribution < 1.29 is 13.2 Å². The van der Waals surface area contributed by atoms with Gasteiger partial charge in [-0.2, -0.15) is 13.2 Å². The van der Waals surface area contributed by atoms with Gasteiger partial charge >= 0.3 is 6.18 Å². The first-order valence-corrected chi connectivity index (χ1v) is 6.96. The third-order valence-electron chi connectivity index (χ3n) is 3.19. The van der Waals surface area contributed by atoms with Crippen molar-refractivity contribution in [2.24, 2.45) is 4.99 Å². The summed E-state index contributed by atoms with van der Waals surface area (Å²) in [6.07, 6.45) is -0.973. The number of rotatable bonds is 4. The Morgan fingerprint density at radius 1 is 1.39 bits per heavy atom. The van der Waals surface area contributed by atoms with Crippen molar-refractivity contribution in [3.05, 3.63) is 49.1 Å². The number of aromatic amines is 1. The molecule has 0 unspecified atom stereocenters. The molecule has 122 valence electrons. The monoisotopic (exact) mass is 322 g/mol. The van der Waals surface area contributed by atoms with Crippen LogP contribution in [0.4, 0.5) is 18.9 Å². The Morgan fingerprint density at radius 2 is 2.09 bits per heavy atom. The Labute approximate surface area is 132 Å². The number of halogens is 3. The predicted molar refractivity (Wildman–Crippen MR) is 86.3 cm³/mol. The maximum Gasteiger partial charge on any atom is 0.432 e. The van der Waals surface area contributed by atoms with Crippen LogP contribution in [0.25, 0.3) is 11.0 Å². The summed E-state index contributed by atoms with van der Waals surface area (Å²) in [5, 5.41) is 0.846. The molecule has 23 heavy (non-hydrogen) atoms. The topological polar surface area (TPSA) is 44.3 Å². The number of hydrogen-bond acceptors (Lipinski definition) is 2. The second-order valence-corrected chi connectivity index (χ2v) is 5.01. The number of hydrogen-bond donors (Lipinski definition) is 1. The van der Waals surface area contributed by atoms with Crippen LogP contribution < -0.4 is 4.90 Å². The number of pyridine rings is 1. The largest absolute Gasteiger partial charge is 0.432 e. The molecule has 1 N–H and O–H groups in total. The van der Waals surface area contributed by atoms with Gasteiger partial charge in [0.1, 0.15) is 17.2 Å². The van der Waals surface area contributed by atoms with Gasteiger partial charge < -0.3 is 9.88 Å². The summed E-state index contributed by atoms with van der Waals surface area (Å²) in [5.74, 6) is 0.205. The number of aliphatic imine (C=N–C) groups is 1. The van der Waals surface area contributed by atoms with Crippen LogP contribution in [-0.2, 0) is 0 Å². The van der Waals surface area contributed by atoms with Gasteiger partial charge in [0.15, 0.2) is 0 Å². The summed E-state index contributed by atoms with van der Waals surface area (Å²) < 4.78 is 38.1. The van der Waals surface area contributed by atoms with Crippen molar-refractivity contribution in [3.63, 3.8) is 0 Å². The molecule has 7 heteroatoms. The molecule has 0 aliphatic rings. The average molecular weight is 322 g/mol. The fourth-order valence-electron chi connectivity index (χ4n) is 2.15. The van der Waals surface area contributed by atoms with Crippen LogP contribution in [-0.4, -0.2) is 22.0 Å². The van der Waals surface area contributed by atoms with Crippen molar-refractivity contribution in [2.75, 3.05) is 4.90 Å². The zero-order valence-electron chi connectivity index (χ0n) is 12.9. The number of amidine groups is 1. The Morgan fingerprint density at radius 3 is 2.65 bits per heavy atom. The number of H-pyrrole nitrogens is 1. The van der Waals surface area contributed by atoms with Crippen LogP contribution in [0.15, 0.2) is 54.1 Å². The van der Waals surface area contributed by atoms with Gasteiger partial charge in [0.2, 0.25) is 0 Å². The lowest BCUT2D eigenvalue weighted by Gasteiger charge is -2.26. The second-order valence-electron chi connectivity index (χ2n) is 5.01. The molecule has 0 aromatic carbocycles.